The van der Waals surface area contributed by atoms with Crippen LogP contribution in [0.25, 0.3) is 22.0 Å². The van der Waals surface area contributed by atoms with Gasteiger partial charge < -0.3 is 16.0 Å². The summed E-state index contributed by atoms with van der Waals surface area (Å²) in [5.74, 6) is -0.0439. The molecular weight excluding hydrogens is 503 g/mol. The first-order chi connectivity index (χ1) is 18.6. The van der Waals surface area contributed by atoms with Crippen molar-refractivity contribution in [3.8, 4) is 11.1 Å². The van der Waals surface area contributed by atoms with Gasteiger partial charge in [-0.3, -0.25) is 9.69 Å². The number of alkyl halides is 3. The van der Waals surface area contributed by atoms with Gasteiger partial charge in [0.15, 0.2) is 0 Å². The first kappa shape index (κ1) is 26.6. The Kier molecular flexibility index (Phi) is 7.29. The van der Waals surface area contributed by atoms with Crippen LogP contribution in [-0.4, -0.2) is 53.9 Å². The van der Waals surface area contributed by atoms with E-state index in [4.69, 9.17) is 5.73 Å². The summed E-state index contributed by atoms with van der Waals surface area (Å²) in [6.07, 6.45) is -4.53. The summed E-state index contributed by atoms with van der Waals surface area (Å²) in [7, 11) is 2.00. The van der Waals surface area contributed by atoms with Crippen LogP contribution in [0.1, 0.15) is 27.0 Å². The predicted molar refractivity (Wildman–Crippen MR) is 148 cm³/mol. The summed E-state index contributed by atoms with van der Waals surface area (Å²) in [6.45, 7) is 5.22. The van der Waals surface area contributed by atoms with Crippen LogP contribution in [-0.2, 0) is 12.7 Å². The summed E-state index contributed by atoms with van der Waals surface area (Å²) in [5, 5.41) is 3.57. The lowest BCUT2D eigenvalue weighted by atomic mass is 9.96. The summed E-state index contributed by atoms with van der Waals surface area (Å²) in [6, 6.07) is 18.7. The molecule has 39 heavy (non-hydrogen) atoms. The Hall–Kier alpha value is -3.95. The fourth-order valence-corrected chi connectivity index (χ4v) is 4.89. The Balaban J connectivity index is 1.38. The number of aromatic nitrogens is 1. The van der Waals surface area contributed by atoms with Crippen LogP contribution in [0, 0.1) is 6.92 Å². The molecule has 1 saturated heterocycles. The fourth-order valence-electron chi connectivity index (χ4n) is 4.89. The molecule has 1 fully saturated rings. The molecule has 1 amide bonds. The number of nitrogens with one attached hydrogen (secondary N) is 1. The summed E-state index contributed by atoms with van der Waals surface area (Å²) >= 11 is 0. The molecule has 202 valence electrons. The number of aryl methyl sites for hydroxylation is 1. The van der Waals surface area contributed by atoms with Crippen LogP contribution in [0.3, 0.4) is 0 Å². The third-order valence-corrected chi connectivity index (χ3v) is 7.18. The van der Waals surface area contributed by atoms with Gasteiger partial charge in [-0.05, 0) is 84.8 Å². The van der Waals surface area contributed by atoms with Crippen LogP contribution in [0.2, 0.25) is 0 Å². The zero-order valence-corrected chi connectivity index (χ0v) is 21.8. The monoisotopic (exact) mass is 533 g/mol. The molecule has 0 atom stereocenters. The van der Waals surface area contributed by atoms with Crippen molar-refractivity contribution in [1.29, 1.82) is 0 Å². The minimum atomic E-state index is -4.53. The minimum Gasteiger partial charge on any atom is -0.384 e. The normalized spacial score (nSPS) is 15.0. The largest absolute Gasteiger partial charge is 0.416 e. The second-order valence-corrected chi connectivity index (χ2v) is 10.1. The van der Waals surface area contributed by atoms with E-state index < -0.39 is 17.6 Å². The molecule has 0 unspecified atom stereocenters. The zero-order chi connectivity index (χ0) is 27.7. The number of nitrogen functional groups attached to an aromatic ring is 1. The van der Waals surface area contributed by atoms with Gasteiger partial charge in [-0.1, -0.05) is 18.2 Å². The van der Waals surface area contributed by atoms with Gasteiger partial charge in [-0.2, -0.15) is 13.2 Å². The van der Waals surface area contributed by atoms with E-state index in [-0.39, 0.29) is 17.8 Å². The Labute approximate surface area is 225 Å². The number of anilines is 2. The molecular formula is C30H30F3N5O. The number of nitrogens with two attached hydrogens (primary N) is 1. The highest BCUT2D eigenvalue weighted by Crippen LogP contribution is 2.35. The minimum absolute atomic E-state index is 0.103. The van der Waals surface area contributed by atoms with Gasteiger partial charge in [0, 0.05) is 49.4 Å². The number of likely N-dealkylation sites (N-methyl/N-ethyl adjacent to an activating group) is 1. The van der Waals surface area contributed by atoms with Crippen LogP contribution in [0.5, 0.6) is 0 Å². The third kappa shape index (κ3) is 6.05. The van der Waals surface area contributed by atoms with Crippen molar-refractivity contribution >= 4 is 28.3 Å². The number of hydrogen-bond donors (Lipinski definition) is 2. The maximum absolute atomic E-state index is 14.0. The Morgan fingerprint density at radius 3 is 2.49 bits per heavy atom. The average Bonchev–Trinajstić information content (AvgIpc) is 2.90. The van der Waals surface area contributed by atoms with Gasteiger partial charge >= 0.3 is 6.18 Å². The molecule has 4 aromatic rings. The highest BCUT2D eigenvalue weighted by molar-refractivity contribution is 6.05. The Morgan fingerprint density at radius 2 is 1.74 bits per heavy atom. The third-order valence-electron chi connectivity index (χ3n) is 7.18. The highest BCUT2D eigenvalue weighted by atomic mass is 19.4. The smallest absolute Gasteiger partial charge is 0.384 e. The van der Waals surface area contributed by atoms with E-state index in [1.54, 1.807) is 18.2 Å². The maximum atomic E-state index is 14.0. The summed E-state index contributed by atoms with van der Waals surface area (Å²) in [5.41, 5.74) is 9.18. The lowest BCUT2D eigenvalue weighted by Gasteiger charge is -2.33. The van der Waals surface area contributed by atoms with Crippen molar-refractivity contribution in [2.24, 2.45) is 0 Å². The SMILES string of the molecule is Cc1ccc(C(=O)Nc2ccc(CN3CCN(C)CC3)c(C(F)(F)F)c2)cc1-c1ccc2nc(N)ccc2c1. The molecule has 0 bridgehead atoms. The molecule has 0 saturated carbocycles. The van der Waals surface area contributed by atoms with Crippen LogP contribution >= 0.6 is 0 Å². The fraction of sp³-hybridized carbons (Fsp3) is 0.267. The van der Waals surface area contributed by atoms with E-state index in [1.165, 1.54) is 12.1 Å². The lowest BCUT2D eigenvalue weighted by Crippen LogP contribution is -2.44. The summed E-state index contributed by atoms with van der Waals surface area (Å²) in [4.78, 5) is 21.6. The number of carbonyl (C=O) groups excluding carboxylic acids is 1. The molecule has 9 heteroatoms. The first-order valence-corrected chi connectivity index (χ1v) is 12.8. The van der Waals surface area contributed by atoms with E-state index in [0.29, 0.717) is 24.5 Å². The predicted octanol–water partition coefficient (Wildman–Crippen LogP) is 5.81. The van der Waals surface area contributed by atoms with Gasteiger partial charge in [0.2, 0.25) is 0 Å². The number of fused-ring (bicyclic) bond motifs is 1. The van der Waals surface area contributed by atoms with E-state index >= 15 is 0 Å². The van der Waals surface area contributed by atoms with Crippen molar-refractivity contribution in [3.63, 3.8) is 0 Å². The number of pyridine rings is 1. The number of nitrogens with zero attached hydrogens (tertiary/aromatic N) is 3. The van der Waals surface area contributed by atoms with Crippen LogP contribution in [0.15, 0.2) is 66.7 Å². The average molecular weight is 534 g/mol. The number of amides is 1. The molecule has 0 aliphatic carbocycles. The second-order valence-electron chi connectivity index (χ2n) is 10.1. The lowest BCUT2D eigenvalue weighted by molar-refractivity contribution is -0.138. The van der Waals surface area contributed by atoms with E-state index in [2.05, 4.69) is 15.2 Å². The molecule has 1 aliphatic rings. The topological polar surface area (TPSA) is 74.5 Å². The number of halogens is 3. The molecule has 1 aromatic heterocycles. The van der Waals surface area contributed by atoms with E-state index in [9.17, 15) is 18.0 Å². The molecule has 3 aromatic carbocycles. The van der Waals surface area contributed by atoms with E-state index in [1.807, 2.05) is 49.2 Å². The number of piperazine rings is 1. The van der Waals surface area contributed by atoms with Gasteiger partial charge in [0.25, 0.3) is 5.91 Å². The van der Waals surface area contributed by atoms with Crippen molar-refractivity contribution in [2.75, 3.05) is 44.3 Å². The van der Waals surface area contributed by atoms with Gasteiger partial charge in [0.1, 0.15) is 5.82 Å². The van der Waals surface area contributed by atoms with Gasteiger partial charge in [-0.15, -0.1) is 0 Å². The molecule has 1 aliphatic heterocycles. The Morgan fingerprint density at radius 1 is 0.974 bits per heavy atom. The standard InChI is InChI=1S/C30H30F3N5O/c1-19-3-4-22(16-25(19)20-6-9-27-21(15-20)7-10-28(34)36-27)29(39)35-24-8-5-23(26(17-24)30(31,32)33)18-38-13-11-37(2)12-14-38/h3-10,15-17H,11-14,18H2,1-2H3,(H2,34,36)(H,35,39). The second kappa shape index (κ2) is 10.7. The number of carbonyl (C=O) groups is 1. The van der Waals surface area contributed by atoms with Crippen LogP contribution < -0.4 is 11.1 Å². The van der Waals surface area contributed by atoms with Crippen molar-refractivity contribution in [2.45, 2.75) is 19.6 Å². The number of rotatable bonds is 5. The first-order valence-electron chi connectivity index (χ1n) is 12.8. The Bertz CT molecular complexity index is 1530. The molecule has 0 spiro atoms. The highest BCUT2D eigenvalue weighted by Gasteiger charge is 2.34. The van der Waals surface area contributed by atoms with Crippen molar-refractivity contribution in [3.05, 3.63) is 89.0 Å². The molecule has 6 nitrogen and oxygen atoms in total. The molecule has 2 heterocycles. The van der Waals surface area contributed by atoms with Crippen molar-refractivity contribution < 1.29 is 18.0 Å². The quantitative estimate of drug-likeness (QED) is 0.339. The van der Waals surface area contributed by atoms with Gasteiger partial charge in [0.05, 0.1) is 11.1 Å². The van der Waals surface area contributed by atoms with Crippen molar-refractivity contribution in [1.82, 2.24) is 14.8 Å². The molecule has 3 N–H and O–H groups in total. The summed E-state index contributed by atoms with van der Waals surface area (Å²) < 4.78 is 41.9. The van der Waals surface area contributed by atoms with Gasteiger partial charge in [-0.25, -0.2) is 4.98 Å². The molecule has 5 rings (SSSR count). The zero-order valence-electron chi connectivity index (χ0n) is 21.8. The number of hydrogen-bond acceptors (Lipinski definition) is 5. The van der Waals surface area contributed by atoms with E-state index in [0.717, 1.165) is 46.7 Å². The van der Waals surface area contributed by atoms with Crippen LogP contribution in [0.4, 0.5) is 24.7 Å². The number of benzene rings is 3. The molecule has 0 radical (unpaired) electrons. The maximum Gasteiger partial charge on any atom is 0.416 e.